The van der Waals surface area contributed by atoms with Gasteiger partial charge in [0.1, 0.15) is 0 Å². The summed E-state index contributed by atoms with van der Waals surface area (Å²) < 4.78 is 2.26. The smallest absolute Gasteiger partial charge is 0.0723 e. The molecule has 0 amide bonds. The molecule has 0 radical (unpaired) electrons. The normalized spacial score (nSPS) is 14.4. The SMILES string of the molecule is c1ccc(N(c2ccccc2)n2ccc3c(N4CCNCC4)cccc32)cc1. The van der Waals surface area contributed by atoms with Crippen molar-refractivity contribution in [1.82, 2.24) is 9.99 Å². The van der Waals surface area contributed by atoms with Gasteiger partial charge in [0, 0.05) is 43.4 Å². The van der Waals surface area contributed by atoms with Crippen LogP contribution in [0.3, 0.4) is 0 Å². The van der Waals surface area contributed by atoms with Gasteiger partial charge in [-0.25, -0.2) is 5.01 Å². The van der Waals surface area contributed by atoms with Gasteiger partial charge in [0.25, 0.3) is 0 Å². The minimum absolute atomic E-state index is 1.04. The second-order valence-electron chi connectivity index (χ2n) is 7.09. The van der Waals surface area contributed by atoms with Crippen LogP contribution in [0.25, 0.3) is 10.9 Å². The van der Waals surface area contributed by atoms with Gasteiger partial charge in [-0.2, -0.15) is 0 Å². The minimum atomic E-state index is 1.04. The second-order valence-corrected chi connectivity index (χ2v) is 7.09. The summed E-state index contributed by atoms with van der Waals surface area (Å²) in [6.07, 6.45) is 2.18. The highest BCUT2D eigenvalue weighted by molar-refractivity contribution is 5.94. The molecule has 1 aliphatic heterocycles. The zero-order valence-corrected chi connectivity index (χ0v) is 15.8. The molecule has 140 valence electrons. The summed E-state index contributed by atoms with van der Waals surface area (Å²) in [6, 6.07) is 29.9. The second kappa shape index (κ2) is 7.41. The van der Waals surface area contributed by atoms with Crippen molar-refractivity contribution in [2.45, 2.75) is 0 Å². The van der Waals surface area contributed by atoms with E-state index in [9.17, 15) is 0 Å². The predicted molar refractivity (Wildman–Crippen MR) is 117 cm³/mol. The Kier molecular flexibility index (Phi) is 4.47. The Balaban J connectivity index is 1.66. The van der Waals surface area contributed by atoms with Crippen molar-refractivity contribution in [3.63, 3.8) is 0 Å². The van der Waals surface area contributed by atoms with Crippen molar-refractivity contribution < 1.29 is 0 Å². The maximum atomic E-state index is 3.44. The fraction of sp³-hybridized carbons (Fsp3) is 0.167. The molecule has 4 heteroatoms. The molecule has 4 aromatic rings. The van der Waals surface area contributed by atoms with Crippen LogP contribution in [0.5, 0.6) is 0 Å². The van der Waals surface area contributed by atoms with Crippen molar-refractivity contribution in [2.75, 3.05) is 36.1 Å². The van der Waals surface area contributed by atoms with E-state index in [0.717, 1.165) is 37.6 Å². The lowest BCUT2D eigenvalue weighted by Crippen LogP contribution is -2.43. The van der Waals surface area contributed by atoms with Gasteiger partial charge in [-0.3, -0.25) is 4.68 Å². The molecule has 0 bridgehead atoms. The molecule has 5 rings (SSSR count). The third-order valence-electron chi connectivity index (χ3n) is 5.36. The minimum Gasteiger partial charge on any atom is -0.368 e. The summed E-state index contributed by atoms with van der Waals surface area (Å²) in [7, 11) is 0. The Hall–Kier alpha value is -3.24. The molecular formula is C24H24N4. The lowest BCUT2D eigenvalue weighted by molar-refractivity contribution is 0.590. The van der Waals surface area contributed by atoms with Crippen LogP contribution in [-0.2, 0) is 0 Å². The molecule has 1 N–H and O–H groups in total. The van der Waals surface area contributed by atoms with E-state index in [4.69, 9.17) is 0 Å². The topological polar surface area (TPSA) is 23.4 Å². The van der Waals surface area contributed by atoms with E-state index < -0.39 is 0 Å². The molecule has 2 heterocycles. The zero-order valence-electron chi connectivity index (χ0n) is 15.8. The Morgan fingerprint density at radius 3 is 1.96 bits per heavy atom. The van der Waals surface area contributed by atoms with E-state index in [0.29, 0.717) is 0 Å². The van der Waals surface area contributed by atoms with Gasteiger partial charge in [-0.15, -0.1) is 0 Å². The molecule has 1 aliphatic rings. The summed E-state index contributed by atoms with van der Waals surface area (Å²) in [5.74, 6) is 0. The summed E-state index contributed by atoms with van der Waals surface area (Å²) in [6.45, 7) is 4.17. The van der Waals surface area contributed by atoms with E-state index >= 15 is 0 Å². The highest BCUT2D eigenvalue weighted by atomic mass is 15.5. The molecule has 28 heavy (non-hydrogen) atoms. The maximum Gasteiger partial charge on any atom is 0.0723 e. The number of nitrogens with one attached hydrogen (secondary N) is 1. The highest BCUT2D eigenvalue weighted by Gasteiger charge is 2.18. The number of aromatic nitrogens is 1. The van der Waals surface area contributed by atoms with E-state index in [2.05, 4.69) is 111 Å². The molecule has 3 aromatic carbocycles. The highest BCUT2D eigenvalue weighted by Crippen LogP contribution is 2.33. The first-order chi connectivity index (χ1) is 13.9. The van der Waals surface area contributed by atoms with E-state index in [1.807, 2.05) is 0 Å². The number of hydrogen-bond acceptors (Lipinski definition) is 3. The molecule has 0 spiro atoms. The molecule has 0 atom stereocenters. The van der Waals surface area contributed by atoms with Crippen molar-refractivity contribution >= 4 is 28.0 Å². The van der Waals surface area contributed by atoms with Gasteiger partial charge in [-0.05, 0) is 42.5 Å². The van der Waals surface area contributed by atoms with Crippen LogP contribution in [0.1, 0.15) is 0 Å². The summed E-state index contributed by atoms with van der Waals surface area (Å²) >= 11 is 0. The third-order valence-corrected chi connectivity index (χ3v) is 5.36. The molecule has 1 saturated heterocycles. The molecule has 4 nitrogen and oxygen atoms in total. The first kappa shape index (κ1) is 16.9. The number of fused-ring (bicyclic) bond motifs is 1. The fourth-order valence-electron chi connectivity index (χ4n) is 4.03. The van der Waals surface area contributed by atoms with Gasteiger partial charge in [-0.1, -0.05) is 42.5 Å². The molecule has 1 aromatic heterocycles. The first-order valence-corrected chi connectivity index (χ1v) is 9.88. The summed E-state index contributed by atoms with van der Waals surface area (Å²) in [5, 5.41) is 7.00. The van der Waals surface area contributed by atoms with Gasteiger partial charge in [0.05, 0.1) is 16.9 Å². The van der Waals surface area contributed by atoms with Crippen molar-refractivity contribution in [1.29, 1.82) is 0 Å². The predicted octanol–water partition coefficient (Wildman–Crippen LogP) is 4.65. The summed E-state index contributed by atoms with van der Waals surface area (Å²) in [4.78, 5) is 2.48. The van der Waals surface area contributed by atoms with Crippen molar-refractivity contribution in [3.8, 4) is 0 Å². The van der Waals surface area contributed by atoms with Crippen LogP contribution in [0.2, 0.25) is 0 Å². The quantitative estimate of drug-likeness (QED) is 0.567. The van der Waals surface area contributed by atoms with Crippen molar-refractivity contribution in [2.24, 2.45) is 0 Å². The number of piperazine rings is 1. The van der Waals surface area contributed by atoms with E-state index in [1.54, 1.807) is 0 Å². The Morgan fingerprint density at radius 1 is 0.679 bits per heavy atom. The monoisotopic (exact) mass is 368 g/mol. The number of benzene rings is 3. The lowest BCUT2D eigenvalue weighted by Gasteiger charge is -2.30. The lowest BCUT2D eigenvalue weighted by atomic mass is 10.2. The number of hydrogen-bond donors (Lipinski definition) is 1. The van der Waals surface area contributed by atoms with Crippen LogP contribution in [-0.4, -0.2) is 30.9 Å². The average molecular weight is 368 g/mol. The molecule has 0 saturated carbocycles. The molecule has 0 unspecified atom stereocenters. The van der Waals surface area contributed by atoms with Gasteiger partial charge >= 0.3 is 0 Å². The molecular weight excluding hydrogens is 344 g/mol. The zero-order chi connectivity index (χ0) is 18.8. The Bertz CT molecular complexity index is 1010. The number of nitrogens with zero attached hydrogens (tertiary/aromatic N) is 3. The Morgan fingerprint density at radius 2 is 1.32 bits per heavy atom. The van der Waals surface area contributed by atoms with Gasteiger partial charge in [0.2, 0.25) is 0 Å². The molecule has 1 fully saturated rings. The van der Waals surface area contributed by atoms with E-state index in [-0.39, 0.29) is 0 Å². The Labute approximate surface area is 165 Å². The van der Waals surface area contributed by atoms with Crippen LogP contribution in [0.4, 0.5) is 17.1 Å². The van der Waals surface area contributed by atoms with Crippen LogP contribution >= 0.6 is 0 Å². The number of para-hydroxylation sites is 2. The summed E-state index contributed by atoms with van der Waals surface area (Å²) in [5.41, 5.74) is 4.81. The number of anilines is 3. The third kappa shape index (κ3) is 3.02. The average Bonchev–Trinajstić information content (AvgIpc) is 3.20. The van der Waals surface area contributed by atoms with Crippen LogP contribution in [0, 0.1) is 0 Å². The number of rotatable bonds is 4. The van der Waals surface area contributed by atoms with E-state index in [1.165, 1.54) is 16.6 Å². The maximum absolute atomic E-state index is 3.44. The first-order valence-electron chi connectivity index (χ1n) is 9.88. The largest absolute Gasteiger partial charge is 0.368 e. The molecule has 0 aliphatic carbocycles. The van der Waals surface area contributed by atoms with Gasteiger partial charge in [0.15, 0.2) is 0 Å². The fourth-order valence-corrected chi connectivity index (χ4v) is 4.03. The van der Waals surface area contributed by atoms with Crippen LogP contribution < -0.4 is 15.2 Å². The van der Waals surface area contributed by atoms with Crippen molar-refractivity contribution in [3.05, 3.63) is 91.1 Å². The standard InChI is InChI=1S/C24H24N4/c1-3-8-20(9-4-1)28(21-10-5-2-6-11-21)27-17-14-22-23(12-7-13-24(22)27)26-18-15-25-16-19-26/h1-14,17,25H,15-16,18-19H2. The van der Waals surface area contributed by atoms with Gasteiger partial charge < -0.3 is 10.2 Å². The van der Waals surface area contributed by atoms with Crippen LogP contribution in [0.15, 0.2) is 91.1 Å².